The second kappa shape index (κ2) is 9.34. The number of carbonyl (C=O) groups is 1. The molecule has 1 aliphatic heterocycles. The largest absolute Gasteiger partial charge is 0.352 e. The maximum atomic E-state index is 12.4. The van der Waals surface area contributed by atoms with E-state index < -0.39 is 0 Å². The molecule has 1 aliphatic rings. The Morgan fingerprint density at radius 3 is 2.76 bits per heavy atom. The molecule has 0 saturated carbocycles. The molecule has 0 radical (unpaired) electrons. The molecule has 0 spiro atoms. The van der Waals surface area contributed by atoms with Crippen LogP contribution in [0.4, 0.5) is 0 Å². The van der Waals surface area contributed by atoms with Crippen LogP contribution < -0.4 is 10.6 Å². The zero-order valence-electron chi connectivity index (χ0n) is 12.7. The molecule has 3 atom stereocenters. The molecule has 5 heteroatoms. The molecular formula is C16H25ClN2OS. The molecule has 1 amide bonds. The van der Waals surface area contributed by atoms with Gasteiger partial charge in [-0.2, -0.15) is 0 Å². The highest BCUT2D eigenvalue weighted by molar-refractivity contribution is 8.00. The average molecular weight is 329 g/mol. The molecule has 0 bridgehead atoms. The zero-order chi connectivity index (χ0) is 14.4. The van der Waals surface area contributed by atoms with Crippen molar-refractivity contribution < 1.29 is 4.79 Å². The topological polar surface area (TPSA) is 41.1 Å². The molecule has 0 aromatic heterocycles. The van der Waals surface area contributed by atoms with Gasteiger partial charge in [-0.25, -0.2) is 0 Å². The van der Waals surface area contributed by atoms with Crippen LogP contribution in [0.25, 0.3) is 0 Å². The van der Waals surface area contributed by atoms with Gasteiger partial charge in [0.25, 0.3) is 0 Å². The maximum Gasteiger partial charge on any atom is 0.233 e. The van der Waals surface area contributed by atoms with Crippen LogP contribution in [0.1, 0.15) is 33.1 Å². The van der Waals surface area contributed by atoms with Gasteiger partial charge in [0.2, 0.25) is 5.91 Å². The van der Waals surface area contributed by atoms with Crippen molar-refractivity contribution in [2.45, 2.75) is 55.3 Å². The standard InChI is InChI=1S/C16H24N2OS.ClH/c1-3-15(20-14-7-5-4-6-8-14)16(19)18-13-9-10-17-12(2)11-13;/h4-8,12-13,15,17H,3,9-11H2,1-2H3,(H,18,19);1H. The van der Waals surface area contributed by atoms with Gasteiger partial charge in [-0.1, -0.05) is 25.1 Å². The summed E-state index contributed by atoms with van der Waals surface area (Å²) in [6.07, 6.45) is 2.91. The third kappa shape index (κ3) is 5.89. The predicted molar refractivity (Wildman–Crippen MR) is 92.3 cm³/mol. The number of amides is 1. The fourth-order valence-electron chi connectivity index (χ4n) is 2.54. The van der Waals surface area contributed by atoms with Crippen molar-refractivity contribution in [1.82, 2.24) is 10.6 Å². The number of piperidine rings is 1. The zero-order valence-corrected chi connectivity index (χ0v) is 14.3. The van der Waals surface area contributed by atoms with Gasteiger partial charge in [0.05, 0.1) is 5.25 Å². The van der Waals surface area contributed by atoms with Gasteiger partial charge >= 0.3 is 0 Å². The quantitative estimate of drug-likeness (QED) is 0.815. The summed E-state index contributed by atoms with van der Waals surface area (Å²) in [5.74, 6) is 0.181. The van der Waals surface area contributed by atoms with Crippen LogP contribution in [0.3, 0.4) is 0 Å². The Morgan fingerprint density at radius 1 is 1.43 bits per heavy atom. The molecular weight excluding hydrogens is 304 g/mol. The molecule has 1 saturated heterocycles. The summed E-state index contributed by atoms with van der Waals surface area (Å²) in [6.45, 7) is 5.24. The molecule has 3 nitrogen and oxygen atoms in total. The van der Waals surface area contributed by atoms with E-state index in [0.717, 1.165) is 30.7 Å². The molecule has 21 heavy (non-hydrogen) atoms. The first-order chi connectivity index (χ1) is 9.69. The van der Waals surface area contributed by atoms with Crippen LogP contribution in [0.15, 0.2) is 35.2 Å². The summed E-state index contributed by atoms with van der Waals surface area (Å²) >= 11 is 1.66. The Hall–Kier alpha value is -0.710. The van der Waals surface area contributed by atoms with E-state index in [9.17, 15) is 4.79 Å². The lowest BCUT2D eigenvalue weighted by Gasteiger charge is -2.29. The highest BCUT2D eigenvalue weighted by Gasteiger charge is 2.24. The van der Waals surface area contributed by atoms with Gasteiger partial charge < -0.3 is 10.6 Å². The van der Waals surface area contributed by atoms with Crippen LogP contribution in [0.2, 0.25) is 0 Å². The van der Waals surface area contributed by atoms with Crippen molar-refractivity contribution in [3.05, 3.63) is 30.3 Å². The molecule has 1 fully saturated rings. The Kier molecular flexibility index (Phi) is 8.15. The summed E-state index contributed by atoms with van der Waals surface area (Å²) in [5.41, 5.74) is 0. The number of halogens is 1. The monoisotopic (exact) mass is 328 g/mol. The molecule has 2 rings (SSSR count). The number of thioether (sulfide) groups is 1. The number of hydrogen-bond donors (Lipinski definition) is 2. The highest BCUT2D eigenvalue weighted by atomic mass is 35.5. The Morgan fingerprint density at radius 2 is 2.14 bits per heavy atom. The second-order valence-corrected chi connectivity index (χ2v) is 6.69. The van der Waals surface area contributed by atoms with Gasteiger partial charge in [0.15, 0.2) is 0 Å². The molecule has 118 valence electrons. The number of hydrogen-bond acceptors (Lipinski definition) is 3. The number of nitrogens with one attached hydrogen (secondary N) is 2. The predicted octanol–water partition coefficient (Wildman–Crippen LogP) is 3.24. The van der Waals surface area contributed by atoms with Gasteiger partial charge in [-0.3, -0.25) is 4.79 Å². The van der Waals surface area contributed by atoms with Gasteiger partial charge in [-0.15, -0.1) is 24.2 Å². The molecule has 3 unspecified atom stereocenters. The third-order valence-corrected chi connectivity index (χ3v) is 5.03. The van der Waals surface area contributed by atoms with Crippen LogP contribution in [0, 0.1) is 0 Å². The van der Waals surface area contributed by atoms with Crippen molar-refractivity contribution in [1.29, 1.82) is 0 Å². The summed E-state index contributed by atoms with van der Waals surface area (Å²) in [7, 11) is 0. The minimum Gasteiger partial charge on any atom is -0.352 e. The van der Waals surface area contributed by atoms with E-state index in [-0.39, 0.29) is 23.6 Å². The Balaban J connectivity index is 0.00000220. The minimum atomic E-state index is 0. The average Bonchev–Trinajstić information content (AvgIpc) is 2.45. The van der Waals surface area contributed by atoms with E-state index in [4.69, 9.17) is 0 Å². The number of carbonyl (C=O) groups excluding carboxylic acids is 1. The van der Waals surface area contributed by atoms with Crippen LogP contribution in [-0.2, 0) is 4.79 Å². The van der Waals surface area contributed by atoms with E-state index in [1.54, 1.807) is 11.8 Å². The van der Waals surface area contributed by atoms with E-state index in [2.05, 4.69) is 36.6 Å². The minimum absolute atomic E-state index is 0. The van der Waals surface area contributed by atoms with Crippen molar-refractivity contribution in [2.75, 3.05) is 6.54 Å². The fourth-order valence-corrected chi connectivity index (χ4v) is 3.53. The lowest BCUT2D eigenvalue weighted by atomic mass is 10.0. The summed E-state index contributed by atoms with van der Waals surface area (Å²) in [5, 5.41) is 6.63. The Labute approximate surface area is 138 Å². The van der Waals surface area contributed by atoms with Crippen molar-refractivity contribution in [3.8, 4) is 0 Å². The first kappa shape index (κ1) is 18.3. The van der Waals surface area contributed by atoms with E-state index in [0.29, 0.717) is 12.1 Å². The lowest BCUT2D eigenvalue weighted by molar-refractivity contribution is -0.121. The van der Waals surface area contributed by atoms with Gasteiger partial charge in [0.1, 0.15) is 0 Å². The molecule has 1 heterocycles. The highest BCUT2D eigenvalue weighted by Crippen LogP contribution is 2.25. The van der Waals surface area contributed by atoms with Crippen molar-refractivity contribution >= 4 is 30.1 Å². The van der Waals surface area contributed by atoms with Gasteiger partial charge in [0, 0.05) is 17.0 Å². The van der Waals surface area contributed by atoms with E-state index >= 15 is 0 Å². The number of rotatable bonds is 5. The summed E-state index contributed by atoms with van der Waals surface area (Å²) < 4.78 is 0. The maximum absolute atomic E-state index is 12.4. The number of benzene rings is 1. The van der Waals surface area contributed by atoms with Crippen molar-refractivity contribution in [3.63, 3.8) is 0 Å². The third-order valence-electron chi connectivity index (χ3n) is 3.65. The second-order valence-electron chi connectivity index (χ2n) is 5.41. The van der Waals surface area contributed by atoms with Crippen molar-refractivity contribution in [2.24, 2.45) is 0 Å². The van der Waals surface area contributed by atoms with Crippen LogP contribution in [0.5, 0.6) is 0 Å². The van der Waals surface area contributed by atoms with E-state index in [1.807, 2.05) is 18.2 Å². The van der Waals surface area contributed by atoms with Crippen LogP contribution in [-0.4, -0.2) is 29.8 Å². The lowest BCUT2D eigenvalue weighted by Crippen LogP contribution is -2.48. The molecule has 1 aromatic rings. The SMILES string of the molecule is CCC(Sc1ccccc1)C(=O)NC1CCNC(C)C1.Cl. The normalized spacial score (nSPS) is 23.0. The molecule has 2 N–H and O–H groups in total. The smallest absolute Gasteiger partial charge is 0.233 e. The molecule has 1 aromatic carbocycles. The summed E-state index contributed by atoms with van der Waals surface area (Å²) in [4.78, 5) is 13.6. The Bertz CT molecular complexity index is 430. The summed E-state index contributed by atoms with van der Waals surface area (Å²) in [6, 6.07) is 11.0. The van der Waals surface area contributed by atoms with E-state index in [1.165, 1.54) is 0 Å². The van der Waals surface area contributed by atoms with Crippen LogP contribution >= 0.6 is 24.2 Å². The van der Waals surface area contributed by atoms with Gasteiger partial charge in [-0.05, 0) is 44.9 Å². The molecule has 0 aliphatic carbocycles. The fraction of sp³-hybridized carbons (Fsp3) is 0.562. The first-order valence-electron chi connectivity index (χ1n) is 7.44. The first-order valence-corrected chi connectivity index (χ1v) is 8.32.